The zero-order valence-electron chi connectivity index (χ0n) is 19.5. The minimum Gasteiger partial charge on any atom is -0.381 e. The first-order valence-corrected chi connectivity index (χ1v) is 11.7. The van der Waals surface area contributed by atoms with Gasteiger partial charge in [0.15, 0.2) is 5.96 Å². The monoisotopic (exact) mass is 544 g/mol. The van der Waals surface area contributed by atoms with E-state index >= 15 is 0 Å². The molecule has 0 saturated carbocycles. The summed E-state index contributed by atoms with van der Waals surface area (Å²) in [6, 6.07) is 8.65. The van der Waals surface area contributed by atoms with Crippen LogP contribution >= 0.6 is 24.0 Å². The highest BCUT2D eigenvalue weighted by molar-refractivity contribution is 14.0. The first-order chi connectivity index (χ1) is 14.6. The second-order valence-corrected chi connectivity index (χ2v) is 8.79. The third-order valence-corrected chi connectivity index (χ3v) is 5.69. The summed E-state index contributed by atoms with van der Waals surface area (Å²) < 4.78 is 11.5. The molecule has 0 aliphatic carbocycles. The van der Waals surface area contributed by atoms with Crippen LogP contribution in [0.25, 0.3) is 0 Å². The van der Waals surface area contributed by atoms with Gasteiger partial charge in [-0.05, 0) is 36.8 Å². The fraction of sp³-hybridized carbons (Fsp3) is 0.708. The first kappa shape index (κ1) is 26.4. The largest absolute Gasteiger partial charge is 0.381 e. The second kappa shape index (κ2) is 14.3. The van der Waals surface area contributed by atoms with Crippen LogP contribution in [0.15, 0.2) is 29.3 Å². The molecule has 1 aromatic carbocycles. The molecule has 0 atom stereocenters. The van der Waals surface area contributed by atoms with Crippen molar-refractivity contribution in [2.24, 2.45) is 10.9 Å². The quantitative estimate of drug-likeness (QED) is 0.307. The molecule has 0 spiro atoms. The Kier molecular flexibility index (Phi) is 12.1. The van der Waals surface area contributed by atoms with Gasteiger partial charge in [0.2, 0.25) is 0 Å². The van der Waals surface area contributed by atoms with Gasteiger partial charge < -0.3 is 19.7 Å². The lowest BCUT2D eigenvalue weighted by Gasteiger charge is -2.37. The molecular formula is C24H41IN4O2. The van der Waals surface area contributed by atoms with Crippen molar-refractivity contribution in [1.82, 2.24) is 15.1 Å². The Labute approximate surface area is 205 Å². The summed E-state index contributed by atoms with van der Waals surface area (Å²) in [6.45, 7) is 16.1. The molecule has 7 heteroatoms. The summed E-state index contributed by atoms with van der Waals surface area (Å²) in [5, 5.41) is 3.48. The number of halogens is 1. The van der Waals surface area contributed by atoms with E-state index in [9.17, 15) is 0 Å². The van der Waals surface area contributed by atoms with E-state index in [1.807, 2.05) is 0 Å². The molecule has 1 N–H and O–H groups in total. The normalized spacial score (nSPS) is 18.8. The number of hydrogen-bond donors (Lipinski definition) is 1. The highest BCUT2D eigenvalue weighted by Crippen LogP contribution is 2.15. The van der Waals surface area contributed by atoms with Gasteiger partial charge in [-0.3, -0.25) is 4.90 Å². The number of piperazine rings is 1. The van der Waals surface area contributed by atoms with E-state index < -0.39 is 0 Å². The average Bonchev–Trinajstić information content (AvgIpc) is 2.76. The number of aliphatic imine (C=N–C) groups is 1. The lowest BCUT2D eigenvalue weighted by Crippen LogP contribution is -2.53. The molecule has 0 amide bonds. The SMILES string of the molecule is CCNC(=NCc1cccc(COC2CCOCC2)c1)N1CCN(CC(C)C)CC1.I. The zero-order valence-corrected chi connectivity index (χ0v) is 21.8. The van der Waals surface area contributed by atoms with Gasteiger partial charge in [-0.15, -0.1) is 24.0 Å². The minimum absolute atomic E-state index is 0. The van der Waals surface area contributed by atoms with Gasteiger partial charge >= 0.3 is 0 Å². The van der Waals surface area contributed by atoms with Gasteiger partial charge in [0, 0.05) is 52.5 Å². The van der Waals surface area contributed by atoms with Crippen molar-refractivity contribution in [2.75, 3.05) is 52.5 Å². The number of guanidine groups is 1. The molecule has 31 heavy (non-hydrogen) atoms. The molecule has 176 valence electrons. The molecule has 2 aliphatic heterocycles. The summed E-state index contributed by atoms with van der Waals surface area (Å²) in [5.41, 5.74) is 2.46. The molecule has 3 rings (SSSR count). The summed E-state index contributed by atoms with van der Waals surface area (Å²) in [6.07, 6.45) is 2.33. The van der Waals surface area contributed by atoms with Crippen molar-refractivity contribution in [3.05, 3.63) is 35.4 Å². The second-order valence-electron chi connectivity index (χ2n) is 8.79. The predicted octanol–water partition coefficient (Wildman–Crippen LogP) is 3.74. The van der Waals surface area contributed by atoms with Crippen LogP contribution in [-0.2, 0) is 22.6 Å². The van der Waals surface area contributed by atoms with E-state index in [2.05, 4.69) is 60.2 Å². The number of benzene rings is 1. The molecule has 2 heterocycles. The minimum atomic E-state index is 0. The van der Waals surface area contributed by atoms with Crippen LogP contribution in [0.5, 0.6) is 0 Å². The summed E-state index contributed by atoms with van der Waals surface area (Å²) in [5.74, 6) is 1.76. The Bertz CT molecular complexity index is 657. The summed E-state index contributed by atoms with van der Waals surface area (Å²) in [7, 11) is 0. The highest BCUT2D eigenvalue weighted by atomic mass is 127. The van der Waals surface area contributed by atoms with Crippen LogP contribution < -0.4 is 5.32 Å². The molecule has 0 unspecified atom stereocenters. The van der Waals surface area contributed by atoms with Gasteiger partial charge in [0.1, 0.15) is 0 Å². The van der Waals surface area contributed by atoms with Gasteiger partial charge in [-0.25, -0.2) is 4.99 Å². The van der Waals surface area contributed by atoms with Gasteiger partial charge in [0.25, 0.3) is 0 Å². The van der Waals surface area contributed by atoms with Gasteiger partial charge in [-0.2, -0.15) is 0 Å². The third-order valence-electron chi connectivity index (χ3n) is 5.69. The van der Waals surface area contributed by atoms with Crippen LogP contribution in [0.2, 0.25) is 0 Å². The molecule has 1 aromatic rings. The fourth-order valence-electron chi connectivity index (χ4n) is 4.13. The van der Waals surface area contributed by atoms with Gasteiger partial charge in [0.05, 0.1) is 19.3 Å². The number of rotatable bonds is 8. The summed E-state index contributed by atoms with van der Waals surface area (Å²) in [4.78, 5) is 9.90. The maximum Gasteiger partial charge on any atom is 0.194 e. The lowest BCUT2D eigenvalue weighted by atomic mass is 10.1. The van der Waals surface area contributed by atoms with E-state index in [4.69, 9.17) is 14.5 Å². The van der Waals surface area contributed by atoms with Crippen molar-refractivity contribution >= 4 is 29.9 Å². The Morgan fingerprint density at radius 3 is 2.55 bits per heavy atom. The fourth-order valence-corrected chi connectivity index (χ4v) is 4.13. The topological polar surface area (TPSA) is 49.3 Å². The molecule has 0 aromatic heterocycles. The van der Waals surface area contributed by atoms with E-state index in [-0.39, 0.29) is 24.0 Å². The van der Waals surface area contributed by atoms with E-state index in [1.54, 1.807) is 0 Å². The molecular weight excluding hydrogens is 503 g/mol. The van der Waals surface area contributed by atoms with Gasteiger partial charge in [-0.1, -0.05) is 38.1 Å². The van der Waals surface area contributed by atoms with Crippen molar-refractivity contribution < 1.29 is 9.47 Å². The van der Waals surface area contributed by atoms with Crippen molar-refractivity contribution in [3.63, 3.8) is 0 Å². The van der Waals surface area contributed by atoms with Crippen molar-refractivity contribution in [1.29, 1.82) is 0 Å². The molecule has 2 aliphatic rings. The number of nitrogens with one attached hydrogen (secondary N) is 1. The van der Waals surface area contributed by atoms with Crippen LogP contribution in [0.4, 0.5) is 0 Å². The van der Waals surface area contributed by atoms with Crippen molar-refractivity contribution in [3.8, 4) is 0 Å². The van der Waals surface area contributed by atoms with E-state index in [1.165, 1.54) is 17.7 Å². The number of nitrogens with zero attached hydrogens (tertiary/aromatic N) is 3. The molecule has 6 nitrogen and oxygen atoms in total. The van der Waals surface area contributed by atoms with Crippen LogP contribution in [0.1, 0.15) is 44.7 Å². The standard InChI is InChI=1S/C24H40N4O2.HI/c1-4-25-24(28-12-10-27(11-13-28)18-20(2)3)26-17-21-6-5-7-22(16-21)19-30-23-8-14-29-15-9-23;/h5-7,16,20,23H,4,8-15,17-19H2,1-3H3,(H,25,26);1H. The van der Waals surface area contributed by atoms with Crippen molar-refractivity contribution in [2.45, 2.75) is 52.9 Å². The van der Waals surface area contributed by atoms with Crippen LogP contribution in [-0.4, -0.2) is 74.3 Å². The number of hydrogen-bond acceptors (Lipinski definition) is 4. The maximum absolute atomic E-state index is 6.08. The predicted molar refractivity (Wildman–Crippen MR) is 138 cm³/mol. The Hall–Kier alpha value is -0.900. The maximum atomic E-state index is 6.08. The van der Waals surface area contributed by atoms with Crippen LogP contribution in [0.3, 0.4) is 0 Å². The molecule has 0 radical (unpaired) electrons. The summed E-state index contributed by atoms with van der Waals surface area (Å²) >= 11 is 0. The molecule has 2 fully saturated rings. The first-order valence-electron chi connectivity index (χ1n) is 11.7. The Morgan fingerprint density at radius 1 is 1.16 bits per heavy atom. The lowest BCUT2D eigenvalue weighted by molar-refractivity contribution is -0.0390. The zero-order chi connectivity index (χ0) is 21.2. The molecule has 0 bridgehead atoms. The third kappa shape index (κ3) is 9.24. The Balaban J connectivity index is 0.00000341. The van der Waals surface area contributed by atoms with E-state index in [0.29, 0.717) is 19.3 Å². The Morgan fingerprint density at radius 2 is 1.87 bits per heavy atom. The number of ether oxygens (including phenoxy) is 2. The highest BCUT2D eigenvalue weighted by Gasteiger charge is 2.20. The average molecular weight is 545 g/mol. The smallest absolute Gasteiger partial charge is 0.194 e. The van der Waals surface area contributed by atoms with Crippen LogP contribution in [0, 0.1) is 5.92 Å². The van der Waals surface area contributed by atoms with E-state index in [0.717, 1.165) is 70.7 Å². The molecule has 2 saturated heterocycles.